The quantitative estimate of drug-likeness (QED) is 0.889. The molecule has 0 bridgehead atoms. The van der Waals surface area contributed by atoms with Crippen molar-refractivity contribution in [3.8, 4) is 0 Å². The summed E-state index contributed by atoms with van der Waals surface area (Å²) in [5.74, 6) is 1.36. The Morgan fingerprint density at radius 3 is 2.63 bits per heavy atom. The van der Waals surface area contributed by atoms with Crippen LogP contribution in [0.2, 0.25) is 0 Å². The molecule has 2 heterocycles. The van der Waals surface area contributed by atoms with E-state index in [0.717, 1.165) is 19.5 Å². The molecule has 0 spiro atoms. The maximum absolute atomic E-state index is 12.3. The molecule has 1 aliphatic heterocycles. The molecule has 0 radical (unpaired) electrons. The van der Waals surface area contributed by atoms with E-state index < -0.39 is 10.0 Å². The number of furan rings is 1. The molecule has 0 saturated carbocycles. The summed E-state index contributed by atoms with van der Waals surface area (Å²) in [5.41, 5.74) is 0. The minimum atomic E-state index is -3.47. The molecule has 19 heavy (non-hydrogen) atoms. The highest BCUT2D eigenvalue weighted by molar-refractivity contribution is 7.89. The molecule has 1 fully saturated rings. The Morgan fingerprint density at radius 2 is 2.11 bits per heavy atom. The van der Waals surface area contributed by atoms with Gasteiger partial charge in [0, 0.05) is 6.04 Å². The molecule has 2 rings (SSSR count). The summed E-state index contributed by atoms with van der Waals surface area (Å²) >= 11 is 0. The Morgan fingerprint density at radius 1 is 1.42 bits per heavy atom. The van der Waals surface area contributed by atoms with Gasteiger partial charge in [0.15, 0.2) is 0 Å². The molecular weight excluding hydrogens is 288 g/mol. The number of sulfonamides is 1. The van der Waals surface area contributed by atoms with Gasteiger partial charge in [-0.05, 0) is 45.3 Å². The first-order chi connectivity index (χ1) is 8.40. The molecule has 1 saturated heterocycles. The smallest absolute Gasteiger partial charge is 0.244 e. The van der Waals surface area contributed by atoms with Crippen molar-refractivity contribution in [3.63, 3.8) is 0 Å². The summed E-state index contributed by atoms with van der Waals surface area (Å²) in [6.45, 7) is 7.16. The lowest BCUT2D eigenvalue weighted by molar-refractivity contribution is 0.328. The lowest BCUT2D eigenvalue weighted by atomic mass is 9.97. The second-order valence-electron chi connectivity index (χ2n) is 4.98. The summed E-state index contributed by atoms with van der Waals surface area (Å²) in [6, 6.07) is 1.56. The normalized spacial score (nSPS) is 23.9. The van der Waals surface area contributed by atoms with E-state index in [4.69, 9.17) is 4.42 Å². The molecule has 2 N–H and O–H groups in total. The van der Waals surface area contributed by atoms with Crippen LogP contribution in [0.25, 0.3) is 0 Å². The van der Waals surface area contributed by atoms with E-state index in [1.807, 2.05) is 6.92 Å². The number of hydrogen-bond acceptors (Lipinski definition) is 4. The summed E-state index contributed by atoms with van der Waals surface area (Å²) in [4.78, 5) is 0.255. The third kappa shape index (κ3) is 3.72. The second kappa shape index (κ2) is 6.26. The molecule has 2 unspecified atom stereocenters. The fourth-order valence-electron chi connectivity index (χ4n) is 2.33. The van der Waals surface area contributed by atoms with Gasteiger partial charge in [0.2, 0.25) is 10.0 Å². The van der Waals surface area contributed by atoms with Crippen molar-refractivity contribution in [1.29, 1.82) is 0 Å². The van der Waals surface area contributed by atoms with Crippen LogP contribution in [0.4, 0.5) is 0 Å². The van der Waals surface area contributed by atoms with Crippen molar-refractivity contribution >= 4 is 22.4 Å². The fraction of sp³-hybridized carbons (Fsp3) is 0.667. The van der Waals surface area contributed by atoms with Crippen LogP contribution in [-0.2, 0) is 10.0 Å². The molecule has 0 aromatic carbocycles. The Kier molecular flexibility index (Phi) is 5.43. The summed E-state index contributed by atoms with van der Waals surface area (Å²) in [7, 11) is -3.47. The predicted octanol–water partition coefficient (Wildman–Crippen LogP) is 1.59. The molecule has 0 aliphatic carbocycles. The maximum atomic E-state index is 12.3. The number of rotatable bonds is 3. The third-order valence-electron chi connectivity index (χ3n) is 3.38. The molecular formula is C12H21ClN2O3S. The van der Waals surface area contributed by atoms with Crippen LogP contribution >= 0.6 is 12.4 Å². The van der Waals surface area contributed by atoms with Gasteiger partial charge in [0.05, 0.1) is 0 Å². The lowest BCUT2D eigenvalue weighted by Crippen LogP contribution is -2.48. The van der Waals surface area contributed by atoms with Crippen molar-refractivity contribution in [3.05, 3.63) is 17.6 Å². The number of nitrogens with one attached hydrogen (secondary N) is 2. The van der Waals surface area contributed by atoms with Crippen LogP contribution < -0.4 is 10.0 Å². The number of halogens is 1. The van der Waals surface area contributed by atoms with Gasteiger partial charge in [-0.3, -0.25) is 0 Å². The van der Waals surface area contributed by atoms with Gasteiger partial charge in [-0.2, -0.15) is 0 Å². The van der Waals surface area contributed by atoms with Crippen molar-refractivity contribution in [2.45, 2.75) is 38.1 Å². The van der Waals surface area contributed by atoms with Gasteiger partial charge in [-0.1, -0.05) is 6.92 Å². The first kappa shape index (κ1) is 16.5. The predicted molar refractivity (Wildman–Crippen MR) is 76.2 cm³/mol. The average Bonchev–Trinajstić information content (AvgIpc) is 2.62. The average molecular weight is 309 g/mol. The monoisotopic (exact) mass is 308 g/mol. The summed E-state index contributed by atoms with van der Waals surface area (Å²) in [6.07, 6.45) is 0.816. The highest BCUT2D eigenvalue weighted by Gasteiger charge is 2.28. The summed E-state index contributed by atoms with van der Waals surface area (Å²) in [5, 5.41) is 3.25. The van der Waals surface area contributed by atoms with E-state index in [9.17, 15) is 8.42 Å². The molecule has 1 aromatic heterocycles. The zero-order valence-corrected chi connectivity index (χ0v) is 13.0. The third-order valence-corrected chi connectivity index (χ3v) is 4.97. The largest absolute Gasteiger partial charge is 0.465 e. The van der Waals surface area contributed by atoms with E-state index in [1.165, 1.54) is 0 Å². The number of aryl methyl sites for hydroxylation is 2. The number of piperidine rings is 1. The molecule has 7 heteroatoms. The Bertz CT molecular complexity index is 527. The van der Waals surface area contributed by atoms with Crippen LogP contribution in [0.3, 0.4) is 0 Å². The standard InChI is InChI=1S/C12H20N2O3S.ClH/c1-8-7-13-5-4-11(8)14-18(15,16)12-6-9(2)17-10(12)3;/h6,8,11,13-14H,4-5,7H2,1-3H3;1H. The van der Waals surface area contributed by atoms with Crippen LogP contribution in [0.1, 0.15) is 24.9 Å². The van der Waals surface area contributed by atoms with Gasteiger partial charge in [-0.15, -0.1) is 12.4 Å². The highest BCUT2D eigenvalue weighted by atomic mass is 35.5. The van der Waals surface area contributed by atoms with E-state index in [0.29, 0.717) is 17.4 Å². The van der Waals surface area contributed by atoms with E-state index >= 15 is 0 Å². The zero-order chi connectivity index (χ0) is 13.3. The Labute approximate surface area is 120 Å². The van der Waals surface area contributed by atoms with Gasteiger partial charge in [-0.25, -0.2) is 13.1 Å². The van der Waals surface area contributed by atoms with Gasteiger partial charge in [0.25, 0.3) is 0 Å². The topological polar surface area (TPSA) is 71.3 Å². The van der Waals surface area contributed by atoms with Crippen molar-refractivity contribution in [1.82, 2.24) is 10.0 Å². The minimum absolute atomic E-state index is 0. The number of hydrogen-bond donors (Lipinski definition) is 2. The van der Waals surface area contributed by atoms with Crippen LogP contribution in [0.15, 0.2) is 15.4 Å². The maximum Gasteiger partial charge on any atom is 0.244 e. The molecule has 1 aliphatic rings. The molecule has 5 nitrogen and oxygen atoms in total. The first-order valence-corrected chi connectivity index (χ1v) is 7.68. The lowest BCUT2D eigenvalue weighted by Gasteiger charge is -2.29. The molecule has 110 valence electrons. The van der Waals surface area contributed by atoms with Crippen molar-refractivity contribution < 1.29 is 12.8 Å². The van der Waals surface area contributed by atoms with Crippen LogP contribution in [0, 0.1) is 19.8 Å². The van der Waals surface area contributed by atoms with E-state index in [-0.39, 0.29) is 23.3 Å². The van der Waals surface area contributed by atoms with Crippen LogP contribution in [0.5, 0.6) is 0 Å². The Hall–Kier alpha value is -0.560. The van der Waals surface area contributed by atoms with Gasteiger partial charge >= 0.3 is 0 Å². The zero-order valence-electron chi connectivity index (χ0n) is 11.4. The molecule has 2 atom stereocenters. The van der Waals surface area contributed by atoms with Crippen molar-refractivity contribution in [2.75, 3.05) is 13.1 Å². The summed E-state index contributed by atoms with van der Waals surface area (Å²) < 4.78 is 32.7. The SMILES string of the molecule is Cc1cc(S(=O)(=O)NC2CCNCC2C)c(C)o1.Cl. The second-order valence-corrected chi connectivity index (χ2v) is 6.66. The fourth-order valence-corrected chi connectivity index (χ4v) is 3.94. The van der Waals surface area contributed by atoms with Gasteiger partial charge in [0.1, 0.15) is 16.4 Å². The molecule has 0 amide bonds. The highest BCUT2D eigenvalue weighted by Crippen LogP contribution is 2.21. The van der Waals surface area contributed by atoms with Gasteiger partial charge < -0.3 is 9.73 Å². The Balaban J connectivity index is 0.00000180. The van der Waals surface area contributed by atoms with E-state index in [1.54, 1.807) is 19.9 Å². The molecule has 1 aromatic rings. The van der Waals surface area contributed by atoms with E-state index in [2.05, 4.69) is 10.0 Å². The van der Waals surface area contributed by atoms with Crippen molar-refractivity contribution in [2.24, 2.45) is 5.92 Å². The van der Waals surface area contributed by atoms with Crippen LogP contribution in [-0.4, -0.2) is 27.5 Å². The minimum Gasteiger partial charge on any atom is -0.465 e. The first-order valence-electron chi connectivity index (χ1n) is 6.20.